The SMILES string of the molecule is Cc1nc2cc(NCc3ccc(Cl)cc3F)ccc2o1. The molecule has 0 aliphatic rings. The summed E-state index contributed by atoms with van der Waals surface area (Å²) >= 11 is 5.72. The van der Waals surface area contributed by atoms with Crippen LogP contribution in [0.15, 0.2) is 40.8 Å². The zero-order valence-corrected chi connectivity index (χ0v) is 11.5. The van der Waals surface area contributed by atoms with E-state index in [1.165, 1.54) is 6.07 Å². The van der Waals surface area contributed by atoms with Crippen molar-refractivity contribution in [1.82, 2.24) is 4.98 Å². The molecular weight excluding hydrogens is 279 g/mol. The van der Waals surface area contributed by atoms with Crippen molar-refractivity contribution in [2.45, 2.75) is 13.5 Å². The van der Waals surface area contributed by atoms with Crippen LogP contribution in [0.4, 0.5) is 10.1 Å². The minimum atomic E-state index is -0.316. The Bertz CT molecular complexity index is 770. The summed E-state index contributed by atoms with van der Waals surface area (Å²) in [6.45, 7) is 2.18. The van der Waals surface area contributed by atoms with Gasteiger partial charge in [0, 0.05) is 29.7 Å². The third kappa shape index (κ3) is 2.60. The van der Waals surface area contributed by atoms with Gasteiger partial charge in [0.25, 0.3) is 0 Å². The highest BCUT2D eigenvalue weighted by atomic mass is 35.5. The first-order chi connectivity index (χ1) is 9.61. The van der Waals surface area contributed by atoms with Crippen molar-refractivity contribution < 1.29 is 8.81 Å². The van der Waals surface area contributed by atoms with E-state index in [1.807, 2.05) is 18.2 Å². The number of anilines is 1. The molecule has 3 nitrogen and oxygen atoms in total. The molecule has 0 unspecified atom stereocenters. The normalized spacial score (nSPS) is 10.9. The molecule has 0 bridgehead atoms. The maximum Gasteiger partial charge on any atom is 0.192 e. The van der Waals surface area contributed by atoms with Crippen LogP contribution in [0.3, 0.4) is 0 Å². The van der Waals surface area contributed by atoms with E-state index in [0.29, 0.717) is 23.0 Å². The van der Waals surface area contributed by atoms with Crippen LogP contribution < -0.4 is 5.32 Å². The molecule has 5 heteroatoms. The number of hydrogen-bond acceptors (Lipinski definition) is 3. The lowest BCUT2D eigenvalue weighted by Gasteiger charge is -2.07. The molecule has 20 heavy (non-hydrogen) atoms. The average molecular weight is 291 g/mol. The van der Waals surface area contributed by atoms with Crippen LogP contribution in [0.25, 0.3) is 11.1 Å². The lowest BCUT2D eigenvalue weighted by Crippen LogP contribution is -2.01. The van der Waals surface area contributed by atoms with Crippen molar-refractivity contribution in [2.24, 2.45) is 0 Å². The van der Waals surface area contributed by atoms with Crippen molar-refractivity contribution in [2.75, 3.05) is 5.32 Å². The van der Waals surface area contributed by atoms with Gasteiger partial charge in [0.2, 0.25) is 0 Å². The van der Waals surface area contributed by atoms with Crippen molar-refractivity contribution in [1.29, 1.82) is 0 Å². The van der Waals surface area contributed by atoms with Gasteiger partial charge in [0.1, 0.15) is 11.3 Å². The fourth-order valence-electron chi connectivity index (χ4n) is 2.01. The first-order valence-corrected chi connectivity index (χ1v) is 6.54. The van der Waals surface area contributed by atoms with E-state index in [2.05, 4.69) is 10.3 Å². The van der Waals surface area contributed by atoms with Crippen LogP contribution in [0.5, 0.6) is 0 Å². The second kappa shape index (κ2) is 5.13. The van der Waals surface area contributed by atoms with Crippen LogP contribution in [-0.4, -0.2) is 4.98 Å². The first-order valence-electron chi connectivity index (χ1n) is 6.17. The molecule has 1 N–H and O–H groups in total. The minimum Gasteiger partial charge on any atom is -0.441 e. The molecule has 0 amide bonds. The highest BCUT2D eigenvalue weighted by Gasteiger charge is 2.05. The second-order valence-corrected chi connectivity index (χ2v) is 4.94. The van der Waals surface area contributed by atoms with E-state index < -0.39 is 0 Å². The fourth-order valence-corrected chi connectivity index (χ4v) is 2.17. The van der Waals surface area contributed by atoms with Gasteiger partial charge in [-0.2, -0.15) is 0 Å². The maximum atomic E-state index is 13.7. The summed E-state index contributed by atoms with van der Waals surface area (Å²) in [5.41, 5.74) is 2.95. The molecule has 0 spiro atoms. The molecule has 2 aromatic carbocycles. The molecule has 0 radical (unpaired) electrons. The number of aromatic nitrogens is 1. The number of nitrogens with one attached hydrogen (secondary N) is 1. The van der Waals surface area contributed by atoms with Gasteiger partial charge in [-0.15, -0.1) is 0 Å². The molecule has 0 saturated carbocycles. The number of nitrogens with zero attached hydrogens (tertiary/aromatic N) is 1. The molecule has 0 atom stereocenters. The second-order valence-electron chi connectivity index (χ2n) is 4.50. The Morgan fingerprint density at radius 3 is 2.90 bits per heavy atom. The average Bonchev–Trinajstić information content (AvgIpc) is 2.77. The molecule has 0 fully saturated rings. The van der Waals surface area contributed by atoms with Crippen molar-refractivity contribution >= 4 is 28.4 Å². The summed E-state index contributed by atoms with van der Waals surface area (Å²) in [7, 11) is 0. The molecule has 3 rings (SSSR count). The molecule has 0 aliphatic heterocycles. The summed E-state index contributed by atoms with van der Waals surface area (Å²) in [4.78, 5) is 4.26. The Morgan fingerprint density at radius 1 is 1.25 bits per heavy atom. The van der Waals surface area contributed by atoms with Gasteiger partial charge < -0.3 is 9.73 Å². The summed E-state index contributed by atoms with van der Waals surface area (Å²) in [6.07, 6.45) is 0. The molecular formula is C15H12ClFN2O. The standard InChI is InChI=1S/C15H12ClFN2O/c1-9-19-14-7-12(4-5-15(14)20-9)18-8-10-2-3-11(16)6-13(10)17/h2-7,18H,8H2,1H3. The Labute approximate surface area is 120 Å². The van der Waals surface area contributed by atoms with Gasteiger partial charge in [-0.1, -0.05) is 17.7 Å². The van der Waals surface area contributed by atoms with Gasteiger partial charge in [-0.25, -0.2) is 9.37 Å². The van der Waals surface area contributed by atoms with E-state index in [4.69, 9.17) is 16.0 Å². The number of hydrogen-bond donors (Lipinski definition) is 1. The van der Waals surface area contributed by atoms with Crippen molar-refractivity contribution in [3.05, 3.63) is 58.7 Å². The Balaban J connectivity index is 1.79. The summed E-state index contributed by atoms with van der Waals surface area (Å²) in [5, 5.41) is 3.55. The van der Waals surface area contributed by atoms with Gasteiger partial charge in [-0.3, -0.25) is 0 Å². The monoisotopic (exact) mass is 290 g/mol. The molecule has 1 heterocycles. The number of benzene rings is 2. The zero-order chi connectivity index (χ0) is 14.1. The van der Waals surface area contributed by atoms with Crippen molar-refractivity contribution in [3.8, 4) is 0 Å². The maximum absolute atomic E-state index is 13.7. The van der Waals surface area contributed by atoms with E-state index in [9.17, 15) is 4.39 Å². The highest BCUT2D eigenvalue weighted by molar-refractivity contribution is 6.30. The third-order valence-corrected chi connectivity index (χ3v) is 3.23. The highest BCUT2D eigenvalue weighted by Crippen LogP contribution is 2.21. The van der Waals surface area contributed by atoms with Crippen LogP contribution in [0.2, 0.25) is 5.02 Å². The lowest BCUT2D eigenvalue weighted by atomic mass is 10.2. The summed E-state index contributed by atoms with van der Waals surface area (Å²) in [6, 6.07) is 10.2. The number of aryl methyl sites for hydroxylation is 1. The Hall–Kier alpha value is -2.07. The van der Waals surface area contributed by atoms with E-state index in [-0.39, 0.29) is 5.82 Å². The molecule has 102 valence electrons. The molecule has 1 aromatic heterocycles. The smallest absolute Gasteiger partial charge is 0.192 e. The Morgan fingerprint density at radius 2 is 2.10 bits per heavy atom. The number of fused-ring (bicyclic) bond motifs is 1. The van der Waals surface area contributed by atoms with E-state index >= 15 is 0 Å². The van der Waals surface area contributed by atoms with Crippen molar-refractivity contribution in [3.63, 3.8) is 0 Å². The first kappa shape index (κ1) is 12.9. The zero-order valence-electron chi connectivity index (χ0n) is 10.8. The van der Waals surface area contributed by atoms with Crippen LogP contribution >= 0.6 is 11.6 Å². The van der Waals surface area contributed by atoms with Gasteiger partial charge in [0.15, 0.2) is 11.5 Å². The molecule has 0 saturated heterocycles. The number of halogens is 2. The quantitative estimate of drug-likeness (QED) is 0.769. The predicted molar refractivity (Wildman–Crippen MR) is 77.5 cm³/mol. The lowest BCUT2D eigenvalue weighted by molar-refractivity contribution is 0.561. The van der Waals surface area contributed by atoms with Crippen LogP contribution in [0.1, 0.15) is 11.5 Å². The summed E-state index contributed by atoms with van der Waals surface area (Å²) in [5.74, 6) is 0.309. The molecule has 0 aliphatic carbocycles. The largest absolute Gasteiger partial charge is 0.441 e. The van der Waals surface area contributed by atoms with E-state index in [0.717, 1.165) is 16.8 Å². The topological polar surface area (TPSA) is 38.1 Å². The third-order valence-electron chi connectivity index (χ3n) is 2.99. The van der Waals surface area contributed by atoms with Crippen LogP contribution in [-0.2, 0) is 6.54 Å². The Kier molecular flexibility index (Phi) is 3.32. The predicted octanol–water partition coefficient (Wildman–Crippen LogP) is 4.54. The van der Waals surface area contributed by atoms with E-state index in [1.54, 1.807) is 19.1 Å². The summed E-state index contributed by atoms with van der Waals surface area (Å²) < 4.78 is 19.1. The van der Waals surface area contributed by atoms with Gasteiger partial charge in [-0.05, 0) is 30.3 Å². The minimum absolute atomic E-state index is 0.316. The fraction of sp³-hybridized carbons (Fsp3) is 0.133. The molecule has 3 aromatic rings. The number of rotatable bonds is 3. The van der Waals surface area contributed by atoms with Gasteiger partial charge in [0.05, 0.1) is 0 Å². The number of oxazole rings is 1. The van der Waals surface area contributed by atoms with Crippen LogP contribution in [0, 0.1) is 12.7 Å². The van der Waals surface area contributed by atoms with Gasteiger partial charge >= 0.3 is 0 Å².